The fourth-order valence-electron chi connectivity index (χ4n) is 3.65. The van der Waals surface area contributed by atoms with Gasteiger partial charge in [0.05, 0.1) is 5.92 Å². The van der Waals surface area contributed by atoms with Gasteiger partial charge < -0.3 is 11.1 Å². The quantitative estimate of drug-likeness (QED) is 0.755. The van der Waals surface area contributed by atoms with Gasteiger partial charge in [0.25, 0.3) is 0 Å². The molecule has 1 unspecified atom stereocenters. The number of fused-ring (bicyclic) bond motifs is 2. The highest BCUT2D eigenvalue weighted by Crippen LogP contribution is 2.48. The molecule has 3 heteroatoms. The normalized spacial score (nSPS) is 25.8. The predicted molar refractivity (Wildman–Crippen MR) is 66.6 cm³/mol. The SMILES string of the molecule is NC(=O)C1Cc2ccccc2C12CCNCC2. The summed E-state index contributed by atoms with van der Waals surface area (Å²) in [6, 6.07) is 8.45. The number of hydrogen-bond donors (Lipinski definition) is 2. The number of hydrogen-bond acceptors (Lipinski definition) is 2. The summed E-state index contributed by atoms with van der Waals surface area (Å²) in [7, 11) is 0. The van der Waals surface area contributed by atoms with Crippen LogP contribution in [-0.2, 0) is 16.6 Å². The molecule has 1 heterocycles. The molecule has 0 aromatic heterocycles. The zero-order valence-electron chi connectivity index (χ0n) is 9.91. The van der Waals surface area contributed by atoms with Gasteiger partial charge in [0.15, 0.2) is 0 Å². The van der Waals surface area contributed by atoms with Crippen molar-refractivity contribution in [3.05, 3.63) is 35.4 Å². The van der Waals surface area contributed by atoms with Gasteiger partial charge >= 0.3 is 0 Å². The van der Waals surface area contributed by atoms with Gasteiger partial charge in [-0.15, -0.1) is 0 Å². The van der Waals surface area contributed by atoms with Crippen LogP contribution in [0.25, 0.3) is 0 Å². The predicted octanol–water partition coefficient (Wildman–Crippen LogP) is 0.965. The highest BCUT2D eigenvalue weighted by atomic mass is 16.1. The van der Waals surface area contributed by atoms with Gasteiger partial charge in [-0.3, -0.25) is 4.79 Å². The van der Waals surface area contributed by atoms with Crippen LogP contribution >= 0.6 is 0 Å². The first kappa shape index (κ1) is 10.8. The van der Waals surface area contributed by atoms with Crippen LogP contribution < -0.4 is 11.1 Å². The lowest BCUT2D eigenvalue weighted by Crippen LogP contribution is -2.47. The first-order chi connectivity index (χ1) is 8.24. The van der Waals surface area contributed by atoms with Crippen molar-refractivity contribution in [3.63, 3.8) is 0 Å². The van der Waals surface area contributed by atoms with E-state index in [0.29, 0.717) is 0 Å². The molecule has 2 aliphatic rings. The number of primary amides is 1. The number of rotatable bonds is 1. The summed E-state index contributed by atoms with van der Waals surface area (Å²) in [5, 5.41) is 3.37. The summed E-state index contributed by atoms with van der Waals surface area (Å²) in [5.74, 6) is -0.148. The molecule has 1 saturated heterocycles. The van der Waals surface area contributed by atoms with Crippen molar-refractivity contribution in [2.24, 2.45) is 11.7 Å². The van der Waals surface area contributed by atoms with Crippen molar-refractivity contribution < 1.29 is 4.79 Å². The zero-order valence-corrected chi connectivity index (χ0v) is 9.91. The summed E-state index contributed by atoms with van der Waals surface area (Å²) in [4.78, 5) is 11.7. The van der Waals surface area contributed by atoms with Crippen molar-refractivity contribution in [2.45, 2.75) is 24.7 Å². The summed E-state index contributed by atoms with van der Waals surface area (Å²) >= 11 is 0. The van der Waals surface area contributed by atoms with E-state index in [1.807, 2.05) is 0 Å². The molecule has 3 nitrogen and oxygen atoms in total. The second-order valence-corrected chi connectivity index (χ2v) is 5.22. The van der Waals surface area contributed by atoms with Crippen LogP contribution in [0.5, 0.6) is 0 Å². The average Bonchev–Trinajstić information content (AvgIpc) is 2.66. The molecular formula is C14H18N2O. The van der Waals surface area contributed by atoms with Crippen molar-refractivity contribution in [3.8, 4) is 0 Å². The van der Waals surface area contributed by atoms with E-state index in [1.165, 1.54) is 11.1 Å². The summed E-state index contributed by atoms with van der Waals surface area (Å²) < 4.78 is 0. The monoisotopic (exact) mass is 230 g/mol. The largest absolute Gasteiger partial charge is 0.369 e. The minimum Gasteiger partial charge on any atom is -0.369 e. The van der Waals surface area contributed by atoms with Gasteiger partial charge in [0.1, 0.15) is 0 Å². The van der Waals surface area contributed by atoms with Crippen molar-refractivity contribution >= 4 is 5.91 Å². The van der Waals surface area contributed by atoms with Crippen LogP contribution in [0.4, 0.5) is 0 Å². The molecule has 17 heavy (non-hydrogen) atoms. The number of carbonyl (C=O) groups is 1. The fourth-order valence-corrected chi connectivity index (χ4v) is 3.65. The molecule has 0 saturated carbocycles. The molecule has 1 aliphatic heterocycles. The molecule has 1 aromatic carbocycles. The topological polar surface area (TPSA) is 55.1 Å². The minimum atomic E-state index is -0.136. The Morgan fingerprint density at radius 1 is 1.29 bits per heavy atom. The first-order valence-electron chi connectivity index (χ1n) is 6.32. The highest BCUT2D eigenvalue weighted by molar-refractivity contribution is 5.80. The van der Waals surface area contributed by atoms with Crippen LogP contribution in [0, 0.1) is 5.92 Å². The lowest BCUT2D eigenvalue weighted by molar-refractivity contribution is -0.124. The molecule has 3 N–H and O–H groups in total. The lowest BCUT2D eigenvalue weighted by Gasteiger charge is -2.39. The maximum absolute atomic E-state index is 11.7. The minimum absolute atomic E-state index is 0.00762. The molecule has 1 aromatic rings. The smallest absolute Gasteiger partial charge is 0.221 e. The second-order valence-electron chi connectivity index (χ2n) is 5.22. The summed E-state index contributed by atoms with van der Waals surface area (Å²) in [6.07, 6.45) is 2.88. The van der Waals surface area contributed by atoms with E-state index in [4.69, 9.17) is 5.73 Å². The number of nitrogens with one attached hydrogen (secondary N) is 1. The number of benzene rings is 1. The Hall–Kier alpha value is -1.35. The summed E-state index contributed by atoms with van der Waals surface area (Å²) in [5.41, 5.74) is 8.31. The van der Waals surface area contributed by atoms with Crippen LogP contribution in [0.2, 0.25) is 0 Å². The number of nitrogens with two attached hydrogens (primary N) is 1. The molecule has 0 bridgehead atoms. The van der Waals surface area contributed by atoms with Crippen LogP contribution in [0.1, 0.15) is 24.0 Å². The Morgan fingerprint density at radius 3 is 2.71 bits per heavy atom. The fraction of sp³-hybridized carbons (Fsp3) is 0.500. The Kier molecular flexibility index (Phi) is 2.44. The van der Waals surface area contributed by atoms with Gasteiger partial charge in [-0.05, 0) is 43.5 Å². The molecular weight excluding hydrogens is 212 g/mol. The molecule has 1 fully saturated rings. The molecule has 1 amide bonds. The lowest BCUT2D eigenvalue weighted by atomic mass is 9.68. The van der Waals surface area contributed by atoms with Crippen molar-refractivity contribution in [2.75, 3.05) is 13.1 Å². The third-order valence-electron chi connectivity index (χ3n) is 4.48. The van der Waals surface area contributed by atoms with Crippen LogP contribution in [0.3, 0.4) is 0 Å². The second kappa shape index (κ2) is 3.84. The third-order valence-corrected chi connectivity index (χ3v) is 4.48. The molecule has 1 spiro atoms. The van der Waals surface area contributed by atoms with E-state index in [0.717, 1.165) is 32.4 Å². The molecule has 0 radical (unpaired) electrons. The number of carbonyl (C=O) groups excluding carboxylic acids is 1. The Balaban J connectivity index is 2.10. The summed E-state index contributed by atoms with van der Waals surface area (Å²) in [6.45, 7) is 1.97. The van der Waals surface area contributed by atoms with Crippen molar-refractivity contribution in [1.82, 2.24) is 5.32 Å². The van der Waals surface area contributed by atoms with Gasteiger partial charge in [0.2, 0.25) is 5.91 Å². The molecule has 1 atom stereocenters. The maximum atomic E-state index is 11.7. The van der Waals surface area contributed by atoms with Gasteiger partial charge in [0, 0.05) is 5.41 Å². The first-order valence-corrected chi connectivity index (χ1v) is 6.32. The Morgan fingerprint density at radius 2 is 2.00 bits per heavy atom. The van der Waals surface area contributed by atoms with Gasteiger partial charge in [-0.2, -0.15) is 0 Å². The molecule has 3 rings (SSSR count). The number of piperidine rings is 1. The van der Waals surface area contributed by atoms with E-state index >= 15 is 0 Å². The standard InChI is InChI=1S/C14H18N2O/c15-13(17)12-9-10-3-1-2-4-11(10)14(12)5-7-16-8-6-14/h1-4,12,16H,5-9H2,(H2,15,17). The Labute approximate surface area is 101 Å². The highest BCUT2D eigenvalue weighted by Gasteiger charge is 2.49. The van der Waals surface area contributed by atoms with Crippen LogP contribution in [0.15, 0.2) is 24.3 Å². The average molecular weight is 230 g/mol. The van der Waals surface area contributed by atoms with E-state index in [-0.39, 0.29) is 17.2 Å². The maximum Gasteiger partial charge on any atom is 0.221 e. The van der Waals surface area contributed by atoms with Crippen molar-refractivity contribution in [1.29, 1.82) is 0 Å². The van der Waals surface area contributed by atoms with E-state index in [2.05, 4.69) is 29.6 Å². The molecule has 1 aliphatic carbocycles. The van der Waals surface area contributed by atoms with Gasteiger partial charge in [-0.1, -0.05) is 24.3 Å². The van der Waals surface area contributed by atoms with Gasteiger partial charge in [-0.25, -0.2) is 0 Å². The Bertz CT molecular complexity index is 449. The van der Waals surface area contributed by atoms with E-state index < -0.39 is 0 Å². The van der Waals surface area contributed by atoms with E-state index in [9.17, 15) is 4.79 Å². The number of amides is 1. The zero-order chi connectivity index (χ0) is 11.9. The van der Waals surface area contributed by atoms with E-state index in [1.54, 1.807) is 0 Å². The molecule has 90 valence electrons. The third kappa shape index (κ3) is 1.49. The van der Waals surface area contributed by atoms with Crippen LogP contribution in [-0.4, -0.2) is 19.0 Å².